The molecule has 0 bridgehead atoms. The van der Waals surface area contributed by atoms with Crippen molar-refractivity contribution in [1.29, 1.82) is 0 Å². The van der Waals surface area contributed by atoms with E-state index < -0.39 is 0 Å². The van der Waals surface area contributed by atoms with Crippen LogP contribution in [0.25, 0.3) is 0 Å². The van der Waals surface area contributed by atoms with Crippen molar-refractivity contribution >= 4 is 0 Å². The predicted molar refractivity (Wildman–Crippen MR) is 88.1 cm³/mol. The normalized spacial score (nSPS) is 26.6. The Balaban J connectivity index is 1.64. The van der Waals surface area contributed by atoms with Gasteiger partial charge in [0.2, 0.25) is 0 Å². The summed E-state index contributed by atoms with van der Waals surface area (Å²) in [5, 5.41) is 0. The van der Waals surface area contributed by atoms with Crippen LogP contribution in [0.4, 0.5) is 0 Å². The van der Waals surface area contributed by atoms with Gasteiger partial charge in [0.15, 0.2) is 0 Å². The first kappa shape index (κ1) is 15.0. The number of rotatable bonds is 7. The quantitative estimate of drug-likeness (QED) is 0.836. The molecule has 1 aromatic rings. The molecule has 3 nitrogen and oxygen atoms in total. The molecule has 1 aromatic carbocycles. The van der Waals surface area contributed by atoms with Crippen LogP contribution in [0.15, 0.2) is 30.3 Å². The first-order chi connectivity index (χ1) is 10.3. The number of hydrogen-bond donors (Lipinski definition) is 1. The van der Waals surface area contributed by atoms with Crippen LogP contribution in [0.5, 0.6) is 0 Å². The lowest BCUT2D eigenvalue weighted by atomic mass is 10.1. The van der Waals surface area contributed by atoms with Crippen LogP contribution >= 0.6 is 0 Å². The lowest BCUT2D eigenvalue weighted by molar-refractivity contribution is 0.180. The van der Waals surface area contributed by atoms with Crippen molar-refractivity contribution in [2.24, 2.45) is 5.73 Å². The van der Waals surface area contributed by atoms with Gasteiger partial charge in [0, 0.05) is 37.8 Å². The molecule has 0 aromatic heterocycles. The lowest BCUT2D eigenvalue weighted by Gasteiger charge is -2.29. The molecule has 3 heteroatoms. The number of hydrogen-bond acceptors (Lipinski definition) is 3. The first-order valence-corrected chi connectivity index (χ1v) is 8.51. The Bertz CT molecular complexity index is 429. The minimum absolute atomic E-state index is 0.701. The molecule has 116 valence electrons. The van der Waals surface area contributed by atoms with Crippen LogP contribution < -0.4 is 5.73 Å². The standard InChI is InChI=1S/C18H29N3/c1-15-12-18(14-21(15)17-8-9-17)20(11-5-10-19)13-16-6-3-2-4-7-16/h2-4,6-7,15,17-18H,5,8-14,19H2,1H3. The summed E-state index contributed by atoms with van der Waals surface area (Å²) in [6, 6.07) is 13.2. The Morgan fingerprint density at radius 1 is 1.24 bits per heavy atom. The van der Waals surface area contributed by atoms with Gasteiger partial charge < -0.3 is 5.73 Å². The topological polar surface area (TPSA) is 32.5 Å². The van der Waals surface area contributed by atoms with Gasteiger partial charge in [0.05, 0.1) is 0 Å². The van der Waals surface area contributed by atoms with Gasteiger partial charge in [-0.3, -0.25) is 9.80 Å². The average Bonchev–Trinajstić information content (AvgIpc) is 3.27. The monoisotopic (exact) mass is 287 g/mol. The van der Waals surface area contributed by atoms with E-state index >= 15 is 0 Å². The highest BCUT2D eigenvalue weighted by Gasteiger charge is 2.40. The van der Waals surface area contributed by atoms with E-state index in [1.165, 1.54) is 31.4 Å². The Morgan fingerprint density at radius 3 is 2.67 bits per heavy atom. The Hall–Kier alpha value is -0.900. The van der Waals surface area contributed by atoms with E-state index in [1.54, 1.807) is 0 Å². The molecular weight excluding hydrogens is 258 g/mol. The molecule has 0 spiro atoms. The number of likely N-dealkylation sites (tertiary alicyclic amines) is 1. The second-order valence-corrected chi connectivity index (χ2v) is 6.76. The minimum Gasteiger partial charge on any atom is -0.330 e. The van der Waals surface area contributed by atoms with E-state index in [9.17, 15) is 0 Å². The molecule has 2 N–H and O–H groups in total. The summed E-state index contributed by atoms with van der Waals surface area (Å²) in [5.41, 5.74) is 7.17. The van der Waals surface area contributed by atoms with Gasteiger partial charge in [-0.1, -0.05) is 30.3 Å². The van der Waals surface area contributed by atoms with Gasteiger partial charge >= 0.3 is 0 Å². The van der Waals surface area contributed by atoms with E-state index in [1.807, 2.05) is 0 Å². The highest BCUT2D eigenvalue weighted by molar-refractivity contribution is 5.15. The van der Waals surface area contributed by atoms with Crippen LogP contribution in [0.2, 0.25) is 0 Å². The van der Waals surface area contributed by atoms with E-state index in [0.29, 0.717) is 6.04 Å². The van der Waals surface area contributed by atoms with Gasteiger partial charge in [-0.2, -0.15) is 0 Å². The molecule has 0 radical (unpaired) electrons. The maximum absolute atomic E-state index is 5.74. The minimum atomic E-state index is 0.701. The Labute approximate surface area is 129 Å². The third-order valence-electron chi connectivity index (χ3n) is 5.01. The number of nitrogens with zero attached hydrogens (tertiary/aromatic N) is 2. The second kappa shape index (κ2) is 6.91. The van der Waals surface area contributed by atoms with Gasteiger partial charge in [0.1, 0.15) is 0 Å². The predicted octanol–water partition coefficient (Wildman–Crippen LogP) is 2.46. The third kappa shape index (κ3) is 3.85. The van der Waals surface area contributed by atoms with E-state index in [4.69, 9.17) is 5.73 Å². The Morgan fingerprint density at radius 2 is 2.00 bits per heavy atom. The largest absolute Gasteiger partial charge is 0.330 e. The highest BCUT2D eigenvalue weighted by atomic mass is 15.3. The van der Waals surface area contributed by atoms with Gasteiger partial charge in [-0.05, 0) is 44.7 Å². The van der Waals surface area contributed by atoms with Crippen LogP contribution in [-0.2, 0) is 6.54 Å². The second-order valence-electron chi connectivity index (χ2n) is 6.76. The summed E-state index contributed by atoms with van der Waals surface area (Å²) in [7, 11) is 0. The smallest absolute Gasteiger partial charge is 0.0241 e. The van der Waals surface area contributed by atoms with E-state index in [0.717, 1.165) is 38.1 Å². The fourth-order valence-corrected chi connectivity index (χ4v) is 3.71. The zero-order valence-corrected chi connectivity index (χ0v) is 13.2. The van der Waals surface area contributed by atoms with Crippen molar-refractivity contribution in [2.75, 3.05) is 19.6 Å². The molecule has 2 fully saturated rings. The van der Waals surface area contributed by atoms with Gasteiger partial charge in [-0.25, -0.2) is 0 Å². The molecule has 1 aliphatic heterocycles. The molecule has 2 unspecified atom stereocenters. The van der Waals surface area contributed by atoms with E-state index in [2.05, 4.69) is 47.1 Å². The van der Waals surface area contributed by atoms with Gasteiger partial charge in [-0.15, -0.1) is 0 Å². The number of benzene rings is 1. The molecule has 1 saturated carbocycles. The summed E-state index contributed by atoms with van der Waals surface area (Å²) in [6.07, 6.45) is 5.24. The summed E-state index contributed by atoms with van der Waals surface area (Å²) < 4.78 is 0. The van der Waals surface area contributed by atoms with Crippen molar-refractivity contribution in [1.82, 2.24) is 9.80 Å². The van der Waals surface area contributed by atoms with Crippen molar-refractivity contribution in [3.05, 3.63) is 35.9 Å². The van der Waals surface area contributed by atoms with Crippen LogP contribution in [0, 0.1) is 0 Å². The molecular formula is C18H29N3. The molecule has 1 aliphatic carbocycles. The van der Waals surface area contributed by atoms with Crippen molar-refractivity contribution in [2.45, 2.75) is 57.3 Å². The highest BCUT2D eigenvalue weighted by Crippen LogP contribution is 2.35. The lowest BCUT2D eigenvalue weighted by Crippen LogP contribution is -2.38. The zero-order valence-electron chi connectivity index (χ0n) is 13.2. The third-order valence-corrected chi connectivity index (χ3v) is 5.01. The molecule has 21 heavy (non-hydrogen) atoms. The molecule has 3 rings (SSSR count). The fourth-order valence-electron chi connectivity index (χ4n) is 3.71. The van der Waals surface area contributed by atoms with Crippen LogP contribution in [0.1, 0.15) is 38.2 Å². The SMILES string of the molecule is CC1CC(N(CCCN)Cc2ccccc2)CN1C1CC1. The van der Waals surface area contributed by atoms with Crippen molar-refractivity contribution in [3.63, 3.8) is 0 Å². The summed E-state index contributed by atoms with van der Waals surface area (Å²) in [6.45, 7) is 6.64. The molecule has 2 aliphatic rings. The average molecular weight is 287 g/mol. The summed E-state index contributed by atoms with van der Waals surface area (Å²) in [4.78, 5) is 5.41. The zero-order chi connectivity index (χ0) is 14.7. The van der Waals surface area contributed by atoms with E-state index in [-0.39, 0.29) is 0 Å². The first-order valence-electron chi connectivity index (χ1n) is 8.51. The van der Waals surface area contributed by atoms with Gasteiger partial charge in [0.25, 0.3) is 0 Å². The van der Waals surface area contributed by atoms with Crippen molar-refractivity contribution < 1.29 is 0 Å². The molecule has 0 amide bonds. The molecule has 1 saturated heterocycles. The van der Waals surface area contributed by atoms with Crippen LogP contribution in [-0.4, -0.2) is 47.6 Å². The summed E-state index contributed by atoms with van der Waals surface area (Å²) in [5.74, 6) is 0. The maximum Gasteiger partial charge on any atom is 0.0241 e. The molecule has 2 atom stereocenters. The maximum atomic E-state index is 5.74. The molecule has 1 heterocycles. The van der Waals surface area contributed by atoms with Crippen molar-refractivity contribution in [3.8, 4) is 0 Å². The number of nitrogens with two attached hydrogens (primary N) is 1. The summed E-state index contributed by atoms with van der Waals surface area (Å²) >= 11 is 0. The fraction of sp³-hybridized carbons (Fsp3) is 0.667. The van der Waals surface area contributed by atoms with Crippen LogP contribution in [0.3, 0.4) is 0 Å². The Kier molecular flexibility index (Phi) is 4.94.